The predicted octanol–water partition coefficient (Wildman–Crippen LogP) is 3.00. The number of likely N-dealkylation sites (tertiary alicyclic amines) is 1. The van der Waals surface area contributed by atoms with E-state index in [1.807, 2.05) is 19.2 Å². The number of carbonyl (C=O) groups is 1. The number of carbonyl (C=O) groups excluding carboxylic acids is 1. The Balaban J connectivity index is 1.80. The summed E-state index contributed by atoms with van der Waals surface area (Å²) in [6.07, 6.45) is 5.41. The van der Waals surface area contributed by atoms with E-state index in [9.17, 15) is 4.79 Å². The van der Waals surface area contributed by atoms with Gasteiger partial charge in [-0.2, -0.15) is 0 Å². The lowest BCUT2D eigenvalue weighted by Gasteiger charge is -2.33. The van der Waals surface area contributed by atoms with Crippen molar-refractivity contribution in [3.05, 3.63) is 29.8 Å². The summed E-state index contributed by atoms with van der Waals surface area (Å²) in [6, 6.07) is 8.97. The molecule has 22 heavy (non-hydrogen) atoms. The van der Waals surface area contributed by atoms with Crippen LogP contribution in [0.15, 0.2) is 24.3 Å². The van der Waals surface area contributed by atoms with Crippen molar-refractivity contribution in [1.82, 2.24) is 10.2 Å². The summed E-state index contributed by atoms with van der Waals surface area (Å²) >= 11 is 0. The van der Waals surface area contributed by atoms with Crippen molar-refractivity contribution >= 4 is 11.6 Å². The first-order valence-electron chi connectivity index (χ1n) is 8.46. The number of nitrogens with zero attached hydrogens (tertiary/aromatic N) is 1. The van der Waals surface area contributed by atoms with Crippen molar-refractivity contribution < 1.29 is 4.79 Å². The first-order chi connectivity index (χ1) is 10.7. The van der Waals surface area contributed by atoms with Gasteiger partial charge in [-0.05, 0) is 64.0 Å². The highest BCUT2D eigenvalue weighted by Crippen LogP contribution is 2.20. The van der Waals surface area contributed by atoms with Crippen LogP contribution in [0.2, 0.25) is 0 Å². The Morgan fingerprint density at radius 1 is 1.27 bits per heavy atom. The summed E-state index contributed by atoms with van der Waals surface area (Å²) < 4.78 is 0. The zero-order valence-electron chi connectivity index (χ0n) is 13.9. The molecule has 1 atom stereocenters. The number of hydrogen-bond donors (Lipinski definition) is 2. The molecule has 0 radical (unpaired) electrons. The van der Waals surface area contributed by atoms with Crippen LogP contribution < -0.4 is 10.6 Å². The first-order valence-corrected chi connectivity index (χ1v) is 8.46. The monoisotopic (exact) mass is 303 g/mol. The van der Waals surface area contributed by atoms with Crippen LogP contribution in [0.4, 0.5) is 5.69 Å². The zero-order valence-corrected chi connectivity index (χ0v) is 13.9. The van der Waals surface area contributed by atoms with Crippen LogP contribution in [0.1, 0.15) is 44.6 Å². The maximum atomic E-state index is 11.8. The smallest absolute Gasteiger partial charge is 0.224 e. The molecular weight excluding hydrogens is 274 g/mol. The van der Waals surface area contributed by atoms with Gasteiger partial charge in [0.05, 0.1) is 0 Å². The fourth-order valence-electron chi connectivity index (χ4n) is 2.97. The quantitative estimate of drug-likeness (QED) is 0.761. The van der Waals surface area contributed by atoms with Crippen molar-refractivity contribution in [2.75, 3.05) is 25.5 Å². The molecule has 1 aliphatic heterocycles. The molecule has 0 saturated carbocycles. The minimum atomic E-state index is 0.0904. The molecule has 1 unspecified atom stereocenters. The molecule has 0 spiro atoms. The summed E-state index contributed by atoms with van der Waals surface area (Å²) in [5, 5.41) is 6.01. The average molecular weight is 303 g/mol. The van der Waals surface area contributed by atoms with Crippen LogP contribution >= 0.6 is 0 Å². The topological polar surface area (TPSA) is 44.4 Å². The van der Waals surface area contributed by atoms with Crippen molar-refractivity contribution in [3.8, 4) is 0 Å². The Kier molecular flexibility index (Phi) is 6.87. The van der Waals surface area contributed by atoms with Crippen molar-refractivity contribution in [2.45, 2.75) is 51.6 Å². The maximum absolute atomic E-state index is 11.8. The Morgan fingerprint density at radius 3 is 2.73 bits per heavy atom. The van der Waals surface area contributed by atoms with Crippen molar-refractivity contribution in [2.24, 2.45) is 0 Å². The number of hydrogen-bond acceptors (Lipinski definition) is 3. The second-order valence-corrected chi connectivity index (χ2v) is 6.27. The highest BCUT2D eigenvalue weighted by Gasteiger charge is 2.17. The third-order valence-electron chi connectivity index (χ3n) is 4.39. The minimum absolute atomic E-state index is 0.0904. The van der Waals surface area contributed by atoms with Gasteiger partial charge in [-0.1, -0.05) is 18.6 Å². The molecule has 1 heterocycles. The Hall–Kier alpha value is -1.39. The molecule has 0 aliphatic carbocycles. The number of piperidine rings is 1. The number of rotatable bonds is 7. The van der Waals surface area contributed by atoms with E-state index in [4.69, 9.17) is 0 Å². The summed E-state index contributed by atoms with van der Waals surface area (Å²) in [5.74, 6) is 0.0904. The summed E-state index contributed by atoms with van der Waals surface area (Å²) in [5.41, 5.74) is 2.21. The summed E-state index contributed by atoms with van der Waals surface area (Å²) in [7, 11) is 1.90. The number of anilines is 1. The van der Waals surface area contributed by atoms with Gasteiger partial charge in [0.25, 0.3) is 0 Å². The Morgan fingerprint density at radius 2 is 2.05 bits per heavy atom. The van der Waals surface area contributed by atoms with Gasteiger partial charge in [-0.15, -0.1) is 0 Å². The van der Waals surface area contributed by atoms with Gasteiger partial charge in [0.1, 0.15) is 0 Å². The third-order valence-corrected chi connectivity index (χ3v) is 4.39. The van der Waals surface area contributed by atoms with Gasteiger partial charge < -0.3 is 10.6 Å². The first kappa shape index (κ1) is 17.0. The normalized spacial score (nSPS) is 19.1. The lowest BCUT2D eigenvalue weighted by Crippen LogP contribution is -2.36. The van der Waals surface area contributed by atoms with Gasteiger partial charge in [-0.3, -0.25) is 9.69 Å². The molecule has 1 aliphatic rings. The standard InChI is InChI=1S/C18H29N3O/c1-15-6-3-4-13-21(15)14-16-8-10-17(11-9-16)20-18(22)7-5-12-19-2/h8-11,15,19H,3-7,12-14H2,1-2H3,(H,20,22). The fourth-order valence-corrected chi connectivity index (χ4v) is 2.97. The third kappa shape index (κ3) is 5.43. The minimum Gasteiger partial charge on any atom is -0.326 e. The predicted molar refractivity (Wildman–Crippen MR) is 92.0 cm³/mol. The fraction of sp³-hybridized carbons (Fsp3) is 0.611. The molecule has 0 bridgehead atoms. The van der Waals surface area contributed by atoms with E-state index in [0.717, 1.165) is 25.2 Å². The van der Waals surface area contributed by atoms with Crippen LogP contribution in [0.5, 0.6) is 0 Å². The Bertz CT molecular complexity index is 458. The number of benzene rings is 1. The van der Waals surface area contributed by atoms with Gasteiger partial charge in [-0.25, -0.2) is 0 Å². The molecule has 1 aromatic rings. The molecule has 1 amide bonds. The highest BCUT2D eigenvalue weighted by atomic mass is 16.1. The molecule has 1 saturated heterocycles. The number of amides is 1. The molecule has 4 heteroatoms. The molecule has 122 valence electrons. The van der Waals surface area contributed by atoms with Gasteiger partial charge in [0.15, 0.2) is 0 Å². The van der Waals surface area contributed by atoms with Gasteiger partial charge in [0, 0.05) is 24.7 Å². The molecule has 1 aromatic carbocycles. The van der Waals surface area contributed by atoms with Crippen LogP contribution in [0.3, 0.4) is 0 Å². The molecule has 1 fully saturated rings. The lowest BCUT2D eigenvalue weighted by molar-refractivity contribution is -0.116. The van der Waals surface area contributed by atoms with Crippen molar-refractivity contribution in [1.29, 1.82) is 0 Å². The van der Waals surface area contributed by atoms with E-state index >= 15 is 0 Å². The second kappa shape index (κ2) is 8.91. The zero-order chi connectivity index (χ0) is 15.8. The number of nitrogens with one attached hydrogen (secondary N) is 2. The van der Waals surface area contributed by atoms with E-state index < -0.39 is 0 Å². The molecule has 2 N–H and O–H groups in total. The maximum Gasteiger partial charge on any atom is 0.224 e. The average Bonchev–Trinajstić information content (AvgIpc) is 2.52. The van der Waals surface area contributed by atoms with E-state index in [0.29, 0.717) is 12.5 Å². The largest absolute Gasteiger partial charge is 0.326 e. The molecule has 0 aromatic heterocycles. The van der Waals surface area contributed by atoms with Crippen LogP contribution in [-0.2, 0) is 11.3 Å². The molecular formula is C18H29N3O. The summed E-state index contributed by atoms with van der Waals surface area (Å²) in [4.78, 5) is 14.3. The van der Waals surface area contributed by atoms with E-state index in [2.05, 4.69) is 34.6 Å². The molecule has 4 nitrogen and oxygen atoms in total. The van der Waals surface area contributed by atoms with E-state index in [1.165, 1.54) is 31.4 Å². The van der Waals surface area contributed by atoms with Gasteiger partial charge >= 0.3 is 0 Å². The van der Waals surface area contributed by atoms with Gasteiger partial charge in [0.2, 0.25) is 5.91 Å². The molecule has 2 rings (SSSR count). The van der Waals surface area contributed by atoms with Crippen LogP contribution in [0, 0.1) is 0 Å². The van der Waals surface area contributed by atoms with E-state index in [-0.39, 0.29) is 5.91 Å². The Labute approximate surface area is 134 Å². The highest BCUT2D eigenvalue weighted by molar-refractivity contribution is 5.90. The van der Waals surface area contributed by atoms with Crippen LogP contribution in [0.25, 0.3) is 0 Å². The summed E-state index contributed by atoms with van der Waals surface area (Å²) in [6.45, 7) is 5.40. The van der Waals surface area contributed by atoms with Crippen LogP contribution in [-0.4, -0.2) is 37.0 Å². The second-order valence-electron chi connectivity index (χ2n) is 6.27. The SMILES string of the molecule is CNCCCC(=O)Nc1ccc(CN2CCCCC2C)cc1. The van der Waals surface area contributed by atoms with Crippen molar-refractivity contribution in [3.63, 3.8) is 0 Å². The lowest BCUT2D eigenvalue weighted by atomic mass is 10.0. The van der Waals surface area contributed by atoms with E-state index in [1.54, 1.807) is 0 Å².